The fraction of sp³-hybridized carbons (Fsp3) is 0.389. The number of benzene rings is 1. The third-order valence-electron chi connectivity index (χ3n) is 4.61. The summed E-state index contributed by atoms with van der Waals surface area (Å²) in [5.74, 6) is 0.719. The van der Waals surface area contributed by atoms with E-state index < -0.39 is 5.97 Å². The van der Waals surface area contributed by atoms with Crippen molar-refractivity contribution in [2.45, 2.75) is 45.1 Å². The molecule has 3 rings (SSSR count). The lowest BCUT2D eigenvalue weighted by atomic mass is 9.82. The predicted molar refractivity (Wildman–Crippen MR) is 83.7 cm³/mol. The van der Waals surface area contributed by atoms with E-state index in [1.165, 1.54) is 0 Å². The lowest BCUT2D eigenvalue weighted by Gasteiger charge is -2.39. The van der Waals surface area contributed by atoms with Crippen LogP contribution in [-0.4, -0.2) is 16.7 Å². The molecule has 1 aromatic rings. The Hall–Kier alpha value is -2.23. The van der Waals surface area contributed by atoms with Gasteiger partial charge in [-0.05, 0) is 37.1 Å². The minimum Gasteiger partial charge on any atom is -0.486 e. The molecule has 4 nitrogen and oxygen atoms in total. The van der Waals surface area contributed by atoms with Crippen molar-refractivity contribution in [1.29, 1.82) is 0 Å². The van der Waals surface area contributed by atoms with Crippen LogP contribution in [0.5, 0.6) is 5.75 Å². The molecule has 0 bridgehead atoms. The van der Waals surface area contributed by atoms with E-state index in [1.807, 2.05) is 6.08 Å². The molecule has 0 saturated carbocycles. The molecule has 0 unspecified atom stereocenters. The van der Waals surface area contributed by atoms with E-state index in [-0.39, 0.29) is 11.2 Å². The molecule has 4 heteroatoms. The highest BCUT2D eigenvalue weighted by atomic mass is 16.5. The van der Waals surface area contributed by atoms with E-state index in [9.17, 15) is 9.90 Å². The predicted octanol–water partition coefficient (Wildman–Crippen LogP) is 4.37. The van der Waals surface area contributed by atoms with Gasteiger partial charge in [-0.1, -0.05) is 13.8 Å². The molecule has 0 saturated heterocycles. The number of carboxylic acids is 1. The van der Waals surface area contributed by atoms with Crippen molar-refractivity contribution in [3.05, 3.63) is 47.4 Å². The topological polar surface area (TPSA) is 55.8 Å². The van der Waals surface area contributed by atoms with Crippen molar-refractivity contribution in [2.24, 2.45) is 0 Å². The zero-order valence-corrected chi connectivity index (χ0v) is 12.9. The molecule has 0 spiro atoms. The lowest BCUT2D eigenvalue weighted by Crippen LogP contribution is -2.38. The summed E-state index contributed by atoms with van der Waals surface area (Å²) < 4.78 is 11.9. The van der Waals surface area contributed by atoms with Gasteiger partial charge in [0.05, 0.1) is 11.8 Å². The molecule has 1 aromatic carbocycles. The van der Waals surface area contributed by atoms with Crippen LogP contribution >= 0.6 is 0 Å². The number of carbonyl (C=O) groups is 1. The second kappa shape index (κ2) is 5.52. The zero-order valence-electron chi connectivity index (χ0n) is 12.9. The van der Waals surface area contributed by atoms with Crippen LogP contribution in [0, 0.1) is 0 Å². The van der Waals surface area contributed by atoms with Crippen LogP contribution in [-0.2, 0) is 4.74 Å². The number of aromatic carboxylic acids is 1. The van der Waals surface area contributed by atoms with Gasteiger partial charge in [0.1, 0.15) is 17.1 Å². The normalized spacial score (nSPS) is 21.9. The summed E-state index contributed by atoms with van der Waals surface area (Å²) in [7, 11) is 0. The first kappa shape index (κ1) is 14.7. The number of carboxylic acid groups (broad SMARTS) is 1. The van der Waals surface area contributed by atoms with E-state index >= 15 is 0 Å². The van der Waals surface area contributed by atoms with Gasteiger partial charge in [0.2, 0.25) is 0 Å². The fourth-order valence-corrected chi connectivity index (χ4v) is 3.10. The number of hydrogen-bond donors (Lipinski definition) is 1. The average Bonchev–Trinajstić information content (AvgIpc) is 3.07. The van der Waals surface area contributed by atoms with E-state index in [2.05, 4.69) is 13.8 Å². The minimum atomic E-state index is -0.930. The van der Waals surface area contributed by atoms with Gasteiger partial charge in [-0.2, -0.15) is 0 Å². The molecule has 0 atom stereocenters. The van der Waals surface area contributed by atoms with E-state index in [1.54, 1.807) is 24.5 Å². The minimum absolute atomic E-state index is 0.244. The summed E-state index contributed by atoms with van der Waals surface area (Å²) in [5, 5.41) is 9.23. The smallest absolute Gasteiger partial charge is 0.335 e. The van der Waals surface area contributed by atoms with Gasteiger partial charge in [0, 0.05) is 24.0 Å². The number of fused-ring (bicyclic) bond motifs is 1. The van der Waals surface area contributed by atoms with Crippen LogP contribution in [0.15, 0.2) is 36.3 Å². The highest BCUT2D eigenvalue weighted by Gasteiger charge is 2.37. The summed E-state index contributed by atoms with van der Waals surface area (Å²) in [6, 6.07) is 5.05. The molecule has 2 aliphatic heterocycles. The van der Waals surface area contributed by atoms with Gasteiger partial charge in [-0.25, -0.2) is 4.79 Å². The highest BCUT2D eigenvalue weighted by Crippen LogP contribution is 2.46. The maximum absolute atomic E-state index is 11.3. The van der Waals surface area contributed by atoms with Crippen LogP contribution in [0.25, 0.3) is 5.57 Å². The van der Waals surface area contributed by atoms with Gasteiger partial charge >= 0.3 is 5.97 Å². The highest BCUT2D eigenvalue weighted by molar-refractivity contribution is 5.90. The van der Waals surface area contributed by atoms with Gasteiger partial charge in [-0.15, -0.1) is 0 Å². The van der Waals surface area contributed by atoms with E-state index in [0.29, 0.717) is 0 Å². The Labute approximate surface area is 130 Å². The first-order chi connectivity index (χ1) is 10.6. The number of allylic oxidation sites excluding steroid dienone is 1. The number of hydrogen-bond acceptors (Lipinski definition) is 3. The second-order valence-corrected chi connectivity index (χ2v) is 5.78. The summed E-state index contributed by atoms with van der Waals surface area (Å²) >= 11 is 0. The molecule has 0 aromatic heterocycles. The SMILES string of the molecule is CCC1(CC)CC(=C2CC=CO2)c2cc(C(=O)O)ccc2O1. The largest absolute Gasteiger partial charge is 0.486 e. The Morgan fingerprint density at radius 1 is 1.32 bits per heavy atom. The summed E-state index contributed by atoms with van der Waals surface area (Å²) in [5.41, 5.74) is 1.94. The molecular weight excluding hydrogens is 280 g/mol. The van der Waals surface area contributed by atoms with Crippen LogP contribution in [0.1, 0.15) is 55.5 Å². The molecule has 2 heterocycles. The molecule has 0 aliphatic carbocycles. The van der Waals surface area contributed by atoms with Crippen molar-refractivity contribution in [3.63, 3.8) is 0 Å². The monoisotopic (exact) mass is 300 g/mol. The van der Waals surface area contributed by atoms with E-state index in [0.717, 1.165) is 48.3 Å². The lowest BCUT2D eigenvalue weighted by molar-refractivity contribution is 0.0577. The molecule has 1 N–H and O–H groups in total. The van der Waals surface area contributed by atoms with Gasteiger partial charge in [-0.3, -0.25) is 0 Å². The van der Waals surface area contributed by atoms with Crippen LogP contribution in [0.2, 0.25) is 0 Å². The van der Waals surface area contributed by atoms with Crippen LogP contribution in [0.3, 0.4) is 0 Å². The first-order valence-electron chi connectivity index (χ1n) is 7.69. The van der Waals surface area contributed by atoms with E-state index in [4.69, 9.17) is 9.47 Å². The van der Waals surface area contributed by atoms with Crippen molar-refractivity contribution in [2.75, 3.05) is 0 Å². The van der Waals surface area contributed by atoms with Crippen LogP contribution in [0.4, 0.5) is 0 Å². The Morgan fingerprint density at radius 3 is 2.68 bits per heavy atom. The fourth-order valence-electron chi connectivity index (χ4n) is 3.10. The molecular formula is C18H20O4. The van der Waals surface area contributed by atoms with Crippen LogP contribution < -0.4 is 4.74 Å². The number of rotatable bonds is 3. The third kappa shape index (κ3) is 2.39. The standard InChI is InChI=1S/C18H20O4/c1-3-18(4-2)11-14(15-6-5-9-21-15)13-10-12(17(19)20)7-8-16(13)22-18/h5,7-10H,3-4,6,11H2,1-2H3,(H,19,20). The molecule has 0 radical (unpaired) electrons. The molecule has 2 aliphatic rings. The van der Waals surface area contributed by atoms with Crippen molar-refractivity contribution in [3.8, 4) is 5.75 Å². The van der Waals surface area contributed by atoms with Gasteiger partial charge in [0.25, 0.3) is 0 Å². The molecule has 0 fully saturated rings. The first-order valence-corrected chi connectivity index (χ1v) is 7.69. The second-order valence-electron chi connectivity index (χ2n) is 5.78. The van der Waals surface area contributed by atoms with Gasteiger partial charge < -0.3 is 14.6 Å². The van der Waals surface area contributed by atoms with Crippen molar-refractivity contribution < 1.29 is 19.4 Å². The Bertz CT molecular complexity index is 656. The molecule has 22 heavy (non-hydrogen) atoms. The molecule has 0 amide bonds. The summed E-state index contributed by atoms with van der Waals surface area (Å²) in [6.07, 6.45) is 6.94. The maximum atomic E-state index is 11.3. The quantitative estimate of drug-likeness (QED) is 0.900. The Kier molecular flexibility index (Phi) is 3.69. The van der Waals surface area contributed by atoms with Crippen molar-refractivity contribution in [1.82, 2.24) is 0 Å². The third-order valence-corrected chi connectivity index (χ3v) is 4.61. The summed E-state index contributed by atoms with van der Waals surface area (Å²) in [4.78, 5) is 11.3. The maximum Gasteiger partial charge on any atom is 0.335 e. The number of ether oxygens (including phenoxy) is 2. The Balaban J connectivity index is 2.15. The zero-order chi connectivity index (χ0) is 15.7. The Morgan fingerprint density at radius 2 is 2.09 bits per heavy atom. The van der Waals surface area contributed by atoms with Gasteiger partial charge in [0.15, 0.2) is 0 Å². The molecule has 116 valence electrons. The average molecular weight is 300 g/mol. The van der Waals surface area contributed by atoms with Crippen molar-refractivity contribution >= 4 is 11.5 Å². The summed E-state index contributed by atoms with van der Waals surface area (Å²) in [6.45, 7) is 4.24.